The van der Waals surface area contributed by atoms with Crippen LogP contribution in [-0.2, 0) is 16.1 Å². The first kappa shape index (κ1) is 15.3. The molecule has 25 heavy (non-hydrogen) atoms. The predicted molar refractivity (Wildman–Crippen MR) is 92.5 cm³/mol. The lowest BCUT2D eigenvalue weighted by atomic mass is 10.1. The number of anilines is 2. The Morgan fingerprint density at radius 3 is 3.20 bits per heavy atom. The second kappa shape index (κ2) is 6.36. The summed E-state index contributed by atoms with van der Waals surface area (Å²) in [6, 6.07) is 7.21. The number of benzene rings is 1. The zero-order valence-corrected chi connectivity index (χ0v) is 13.7. The largest absolute Gasteiger partial charge is 0.482 e. The predicted octanol–water partition coefficient (Wildman–Crippen LogP) is 1.98. The summed E-state index contributed by atoms with van der Waals surface area (Å²) >= 11 is 1.33. The Balaban J connectivity index is 1.48. The SMILES string of the molecule is O=C(Cn1cccn1)Nc1nc(-c2ccc3c(c2)NC(=O)CO3)cs1. The van der Waals surface area contributed by atoms with Crippen molar-refractivity contribution in [1.82, 2.24) is 14.8 Å². The van der Waals surface area contributed by atoms with Gasteiger partial charge < -0.3 is 15.4 Å². The Kier molecular flexibility index (Phi) is 3.90. The topological polar surface area (TPSA) is 98.1 Å². The molecule has 3 aromatic rings. The second-order valence-electron chi connectivity index (χ2n) is 5.34. The van der Waals surface area contributed by atoms with E-state index in [-0.39, 0.29) is 25.0 Å². The number of nitrogens with one attached hydrogen (secondary N) is 2. The van der Waals surface area contributed by atoms with Crippen molar-refractivity contribution in [3.8, 4) is 17.0 Å². The number of hydrogen-bond donors (Lipinski definition) is 2. The summed E-state index contributed by atoms with van der Waals surface area (Å²) in [6.07, 6.45) is 3.34. The molecule has 0 saturated heterocycles. The molecule has 3 heterocycles. The van der Waals surface area contributed by atoms with Gasteiger partial charge in [-0.1, -0.05) is 0 Å². The molecule has 9 heteroatoms. The molecule has 0 bridgehead atoms. The number of fused-ring (bicyclic) bond motifs is 1. The molecule has 0 aliphatic carbocycles. The Morgan fingerprint density at radius 1 is 1.44 bits per heavy atom. The quantitative estimate of drug-likeness (QED) is 0.746. The van der Waals surface area contributed by atoms with Crippen LogP contribution in [0.2, 0.25) is 0 Å². The third-order valence-corrected chi connectivity index (χ3v) is 4.28. The van der Waals surface area contributed by atoms with E-state index in [2.05, 4.69) is 20.7 Å². The monoisotopic (exact) mass is 355 g/mol. The molecule has 1 aromatic carbocycles. The standard InChI is InChI=1S/C16H13N5O3S/c22-14(7-21-5-1-4-17-21)20-16-19-12(9-25-16)10-2-3-13-11(6-10)18-15(23)8-24-13/h1-6,9H,7-8H2,(H,18,23)(H,19,20,22). The summed E-state index contributed by atoms with van der Waals surface area (Å²) in [5, 5.41) is 11.9. The average Bonchev–Trinajstić information content (AvgIpc) is 3.26. The van der Waals surface area contributed by atoms with Crippen molar-refractivity contribution in [2.24, 2.45) is 0 Å². The molecular weight excluding hydrogens is 342 g/mol. The van der Waals surface area contributed by atoms with E-state index in [1.54, 1.807) is 30.6 Å². The highest BCUT2D eigenvalue weighted by atomic mass is 32.1. The number of carbonyl (C=O) groups excluding carboxylic acids is 2. The van der Waals surface area contributed by atoms with Crippen LogP contribution in [0, 0.1) is 0 Å². The van der Waals surface area contributed by atoms with Crippen LogP contribution in [0.4, 0.5) is 10.8 Å². The third kappa shape index (κ3) is 3.36. The Bertz CT molecular complexity index is 935. The van der Waals surface area contributed by atoms with Gasteiger partial charge in [0.15, 0.2) is 11.7 Å². The molecule has 0 fully saturated rings. The van der Waals surface area contributed by atoms with Crippen molar-refractivity contribution < 1.29 is 14.3 Å². The molecule has 2 amide bonds. The van der Waals surface area contributed by atoms with E-state index in [0.29, 0.717) is 22.3 Å². The molecule has 1 aliphatic rings. The molecule has 0 saturated carbocycles. The van der Waals surface area contributed by atoms with Crippen LogP contribution in [0.1, 0.15) is 0 Å². The first-order chi connectivity index (χ1) is 12.2. The fourth-order valence-electron chi connectivity index (χ4n) is 2.41. The van der Waals surface area contributed by atoms with Crippen LogP contribution >= 0.6 is 11.3 Å². The molecule has 1 aliphatic heterocycles. The van der Waals surface area contributed by atoms with Crippen molar-refractivity contribution in [2.75, 3.05) is 17.2 Å². The molecular formula is C16H13N5O3S. The van der Waals surface area contributed by atoms with E-state index < -0.39 is 0 Å². The zero-order chi connectivity index (χ0) is 17.2. The van der Waals surface area contributed by atoms with E-state index >= 15 is 0 Å². The summed E-state index contributed by atoms with van der Waals surface area (Å²) < 4.78 is 6.88. The van der Waals surface area contributed by atoms with Crippen molar-refractivity contribution in [1.29, 1.82) is 0 Å². The van der Waals surface area contributed by atoms with Gasteiger partial charge in [-0.3, -0.25) is 14.3 Å². The van der Waals surface area contributed by atoms with Gasteiger partial charge in [0.25, 0.3) is 5.91 Å². The van der Waals surface area contributed by atoms with Crippen LogP contribution in [0.25, 0.3) is 11.3 Å². The minimum Gasteiger partial charge on any atom is -0.482 e. The summed E-state index contributed by atoms with van der Waals surface area (Å²) in [6.45, 7) is 0.152. The highest BCUT2D eigenvalue weighted by molar-refractivity contribution is 7.14. The van der Waals surface area contributed by atoms with Crippen LogP contribution in [0.5, 0.6) is 5.75 Å². The number of nitrogens with zero attached hydrogens (tertiary/aromatic N) is 3. The van der Waals surface area contributed by atoms with Gasteiger partial charge in [0.05, 0.1) is 11.4 Å². The minimum absolute atomic E-state index is 0.0233. The first-order valence-corrected chi connectivity index (χ1v) is 8.35. The van der Waals surface area contributed by atoms with Crippen molar-refractivity contribution in [2.45, 2.75) is 6.54 Å². The van der Waals surface area contributed by atoms with Crippen molar-refractivity contribution in [3.63, 3.8) is 0 Å². The molecule has 0 radical (unpaired) electrons. The van der Waals surface area contributed by atoms with E-state index in [4.69, 9.17) is 4.74 Å². The van der Waals surface area contributed by atoms with Gasteiger partial charge in [-0.2, -0.15) is 5.10 Å². The molecule has 0 unspecified atom stereocenters. The van der Waals surface area contributed by atoms with E-state index in [1.165, 1.54) is 16.0 Å². The number of carbonyl (C=O) groups is 2. The number of ether oxygens (including phenoxy) is 1. The first-order valence-electron chi connectivity index (χ1n) is 7.47. The fraction of sp³-hybridized carbons (Fsp3) is 0.125. The number of aromatic nitrogens is 3. The molecule has 126 valence electrons. The van der Waals surface area contributed by atoms with Gasteiger partial charge in [0.1, 0.15) is 12.3 Å². The summed E-state index contributed by atoms with van der Waals surface area (Å²) in [5.41, 5.74) is 2.15. The van der Waals surface area contributed by atoms with Crippen molar-refractivity contribution in [3.05, 3.63) is 42.0 Å². The number of hydrogen-bond acceptors (Lipinski definition) is 6. The summed E-state index contributed by atoms with van der Waals surface area (Å²) in [7, 11) is 0. The van der Waals surface area contributed by atoms with Gasteiger partial charge in [-0.05, 0) is 24.3 Å². The van der Waals surface area contributed by atoms with E-state index in [9.17, 15) is 9.59 Å². The van der Waals surface area contributed by atoms with Gasteiger partial charge in [0, 0.05) is 23.3 Å². The van der Waals surface area contributed by atoms with Gasteiger partial charge >= 0.3 is 0 Å². The maximum Gasteiger partial charge on any atom is 0.262 e. The number of amides is 2. The van der Waals surface area contributed by atoms with Gasteiger partial charge in [-0.15, -0.1) is 11.3 Å². The van der Waals surface area contributed by atoms with E-state index in [1.807, 2.05) is 11.4 Å². The highest BCUT2D eigenvalue weighted by Gasteiger charge is 2.17. The lowest BCUT2D eigenvalue weighted by Crippen LogP contribution is -2.25. The van der Waals surface area contributed by atoms with Crippen LogP contribution in [0.3, 0.4) is 0 Å². The maximum atomic E-state index is 12.0. The molecule has 2 N–H and O–H groups in total. The highest BCUT2D eigenvalue weighted by Crippen LogP contribution is 2.33. The van der Waals surface area contributed by atoms with E-state index in [0.717, 1.165) is 5.56 Å². The molecule has 0 atom stereocenters. The van der Waals surface area contributed by atoms with Crippen LogP contribution < -0.4 is 15.4 Å². The molecule has 4 rings (SSSR count). The summed E-state index contributed by atoms with van der Waals surface area (Å²) in [5.74, 6) is 0.247. The molecule has 8 nitrogen and oxygen atoms in total. The lowest BCUT2D eigenvalue weighted by molar-refractivity contribution is -0.118. The fourth-order valence-corrected chi connectivity index (χ4v) is 3.14. The Hall–Kier alpha value is -3.20. The normalized spacial score (nSPS) is 12.9. The maximum absolute atomic E-state index is 12.0. The number of rotatable bonds is 4. The number of thiazole rings is 1. The average molecular weight is 355 g/mol. The Labute approximate surface area is 146 Å². The van der Waals surface area contributed by atoms with Crippen LogP contribution in [-0.4, -0.2) is 33.2 Å². The zero-order valence-electron chi connectivity index (χ0n) is 12.9. The molecule has 2 aromatic heterocycles. The second-order valence-corrected chi connectivity index (χ2v) is 6.20. The smallest absolute Gasteiger partial charge is 0.262 e. The Morgan fingerprint density at radius 2 is 2.36 bits per heavy atom. The van der Waals surface area contributed by atoms with Crippen molar-refractivity contribution >= 4 is 34.0 Å². The lowest BCUT2D eigenvalue weighted by Gasteiger charge is -2.18. The van der Waals surface area contributed by atoms with Crippen LogP contribution in [0.15, 0.2) is 42.0 Å². The van der Waals surface area contributed by atoms with Gasteiger partial charge in [0.2, 0.25) is 5.91 Å². The minimum atomic E-state index is -0.198. The third-order valence-electron chi connectivity index (χ3n) is 3.52. The molecule has 0 spiro atoms. The summed E-state index contributed by atoms with van der Waals surface area (Å²) in [4.78, 5) is 27.8. The van der Waals surface area contributed by atoms with Gasteiger partial charge in [-0.25, -0.2) is 4.98 Å².